The zero-order chi connectivity index (χ0) is 16.2. The molecule has 0 saturated carbocycles. The van der Waals surface area contributed by atoms with Crippen LogP contribution in [0.5, 0.6) is 0 Å². The molecule has 21 heavy (non-hydrogen) atoms. The Hall–Kier alpha value is -2.49. The molecule has 0 spiro atoms. The molecule has 0 bridgehead atoms. The van der Waals surface area contributed by atoms with E-state index in [1.165, 1.54) is 18.2 Å². The minimum Gasteiger partial charge on any atom is -0.394 e. The van der Waals surface area contributed by atoms with E-state index in [4.69, 9.17) is 16.6 Å². The van der Waals surface area contributed by atoms with Crippen molar-refractivity contribution in [2.75, 3.05) is 11.9 Å². The maximum absolute atomic E-state index is 11.7. The van der Waals surface area contributed by atoms with Crippen LogP contribution in [0.4, 0.5) is 5.69 Å². The molecule has 114 valence electrons. The maximum Gasteiger partial charge on any atom is 0.256 e. The summed E-state index contributed by atoms with van der Waals surface area (Å²) in [6.45, 7) is -0.852. The molecule has 0 aliphatic carbocycles. The normalized spacial score (nSPS) is 13.3. The number of anilines is 1. The van der Waals surface area contributed by atoms with Crippen LogP contribution in [-0.2, 0) is 4.79 Å². The average molecular weight is 297 g/mol. The van der Waals surface area contributed by atoms with E-state index in [1.54, 1.807) is 0 Å². The summed E-state index contributed by atoms with van der Waals surface area (Å²) >= 11 is 0. The molecule has 2 atom stereocenters. The lowest BCUT2D eigenvalue weighted by molar-refractivity contribution is -0.131. The number of benzene rings is 1. The highest BCUT2D eigenvalue weighted by Gasteiger charge is 2.26. The molecule has 9 nitrogen and oxygen atoms in total. The highest BCUT2D eigenvalue weighted by Crippen LogP contribution is 2.21. The fourth-order valence-corrected chi connectivity index (χ4v) is 1.57. The van der Waals surface area contributed by atoms with Gasteiger partial charge in [0.25, 0.3) is 17.7 Å². The summed E-state index contributed by atoms with van der Waals surface area (Å²) in [5.41, 5.74) is 9.60. The van der Waals surface area contributed by atoms with Crippen LogP contribution in [-0.4, -0.2) is 51.9 Å². The zero-order valence-corrected chi connectivity index (χ0v) is 10.8. The van der Waals surface area contributed by atoms with E-state index >= 15 is 0 Å². The standard InChI is InChI=1S/C12H15N3O6/c13-10(19)5-2-1-3-6(11(14)20)8(5)15-12(21)9(18)7(17)4-16/h1-3,7,9,16-18H,4H2,(H2,13,19)(H2,14,20)(H,15,21). The molecule has 0 fully saturated rings. The van der Waals surface area contributed by atoms with Gasteiger partial charge in [0, 0.05) is 0 Å². The molecule has 9 heteroatoms. The van der Waals surface area contributed by atoms with Crippen LogP contribution in [0, 0.1) is 0 Å². The van der Waals surface area contributed by atoms with Gasteiger partial charge >= 0.3 is 0 Å². The van der Waals surface area contributed by atoms with Crippen LogP contribution < -0.4 is 16.8 Å². The van der Waals surface area contributed by atoms with Crippen LogP contribution in [0.3, 0.4) is 0 Å². The Labute approximate surface area is 119 Å². The molecule has 2 unspecified atom stereocenters. The number of nitrogens with two attached hydrogens (primary N) is 2. The third-order valence-electron chi connectivity index (χ3n) is 2.66. The first kappa shape index (κ1) is 16.6. The zero-order valence-electron chi connectivity index (χ0n) is 10.8. The van der Waals surface area contributed by atoms with Crippen molar-refractivity contribution in [3.05, 3.63) is 29.3 Å². The van der Waals surface area contributed by atoms with Gasteiger partial charge in [0.05, 0.1) is 23.4 Å². The van der Waals surface area contributed by atoms with Gasteiger partial charge in [-0.15, -0.1) is 0 Å². The molecule has 0 radical (unpaired) electrons. The van der Waals surface area contributed by atoms with E-state index < -0.39 is 36.5 Å². The van der Waals surface area contributed by atoms with Gasteiger partial charge in [-0.25, -0.2) is 0 Å². The summed E-state index contributed by atoms with van der Waals surface area (Å²) in [5, 5.41) is 29.4. The number of aliphatic hydroxyl groups excluding tert-OH is 3. The minimum atomic E-state index is -1.96. The van der Waals surface area contributed by atoms with Crippen LogP contribution >= 0.6 is 0 Å². The van der Waals surface area contributed by atoms with E-state index in [0.29, 0.717) is 0 Å². The smallest absolute Gasteiger partial charge is 0.256 e. The van der Waals surface area contributed by atoms with Gasteiger partial charge in [-0.2, -0.15) is 0 Å². The molecule has 1 aromatic rings. The number of hydrogen-bond donors (Lipinski definition) is 6. The second-order valence-electron chi connectivity index (χ2n) is 4.14. The SMILES string of the molecule is NC(=O)c1cccc(C(N)=O)c1NC(=O)C(O)C(O)CO. The molecule has 0 aliphatic rings. The first-order valence-electron chi connectivity index (χ1n) is 5.80. The Bertz CT molecular complexity index is 542. The number of rotatable bonds is 6. The van der Waals surface area contributed by atoms with Crippen molar-refractivity contribution < 1.29 is 29.7 Å². The summed E-state index contributed by atoms with van der Waals surface area (Å²) in [6.07, 6.45) is -3.68. The van der Waals surface area contributed by atoms with Crippen LogP contribution in [0.15, 0.2) is 18.2 Å². The van der Waals surface area contributed by atoms with Gasteiger partial charge in [0.1, 0.15) is 6.10 Å². The van der Waals surface area contributed by atoms with Crippen molar-refractivity contribution in [3.8, 4) is 0 Å². The number of hydrogen-bond acceptors (Lipinski definition) is 6. The summed E-state index contributed by atoms with van der Waals surface area (Å²) < 4.78 is 0. The Morgan fingerprint density at radius 1 is 1.10 bits per heavy atom. The van der Waals surface area contributed by atoms with Crippen molar-refractivity contribution >= 4 is 23.4 Å². The lowest BCUT2D eigenvalue weighted by Crippen LogP contribution is -2.40. The van der Waals surface area contributed by atoms with E-state index in [9.17, 15) is 24.6 Å². The van der Waals surface area contributed by atoms with Gasteiger partial charge in [-0.1, -0.05) is 6.07 Å². The van der Waals surface area contributed by atoms with Gasteiger partial charge in [-0.05, 0) is 12.1 Å². The first-order valence-corrected chi connectivity index (χ1v) is 5.80. The van der Waals surface area contributed by atoms with Crippen molar-refractivity contribution in [2.45, 2.75) is 12.2 Å². The van der Waals surface area contributed by atoms with Gasteiger partial charge in [-0.3, -0.25) is 14.4 Å². The maximum atomic E-state index is 11.7. The molecule has 1 aromatic carbocycles. The number of amides is 3. The molecule has 3 amide bonds. The highest BCUT2D eigenvalue weighted by molar-refractivity contribution is 6.11. The molecule has 8 N–H and O–H groups in total. The predicted molar refractivity (Wildman–Crippen MR) is 71.2 cm³/mol. The number of nitrogens with one attached hydrogen (secondary N) is 1. The predicted octanol–water partition coefficient (Wildman–Crippen LogP) is -2.46. The quantitative estimate of drug-likeness (QED) is 0.339. The van der Waals surface area contributed by atoms with Crippen molar-refractivity contribution in [3.63, 3.8) is 0 Å². The van der Waals surface area contributed by atoms with Gasteiger partial charge in [0.15, 0.2) is 6.10 Å². The molecule has 0 aromatic heterocycles. The fraction of sp³-hybridized carbons (Fsp3) is 0.250. The Balaban J connectivity index is 3.19. The number of carbonyl (C=O) groups is 3. The molecular weight excluding hydrogens is 282 g/mol. The Kier molecular flexibility index (Phi) is 5.36. The van der Waals surface area contributed by atoms with Gasteiger partial charge in [0.2, 0.25) is 0 Å². The van der Waals surface area contributed by atoms with E-state index in [0.717, 1.165) is 0 Å². The molecular formula is C12H15N3O6. The van der Waals surface area contributed by atoms with Crippen LogP contribution in [0.25, 0.3) is 0 Å². The number of para-hydroxylation sites is 1. The second kappa shape index (κ2) is 6.79. The van der Waals surface area contributed by atoms with E-state index in [1.807, 2.05) is 0 Å². The molecule has 0 aliphatic heterocycles. The summed E-state index contributed by atoms with van der Waals surface area (Å²) in [7, 11) is 0. The lowest BCUT2D eigenvalue weighted by atomic mass is 10.0. The first-order chi connectivity index (χ1) is 9.79. The Morgan fingerprint density at radius 3 is 1.95 bits per heavy atom. The summed E-state index contributed by atoms with van der Waals surface area (Å²) in [5.74, 6) is -2.98. The molecule has 1 rings (SSSR count). The van der Waals surface area contributed by atoms with Crippen LogP contribution in [0.1, 0.15) is 20.7 Å². The summed E-state index contributed by atoms with van der Waals surface area (Å²) in [4.78, 5) is 34.3. The van der Waals surface area contributed by atoms with E-state index in [2.05, 4.69) is 5.32 Å². The fourth-order valence-electron chi connectivity index (χ4n) is 1.57. The largest absolute Gasteiger partial charge is 0.394 e. The third kappa shape index (κ3) is 3.75. The monoisotopic (exact) mass is 297 g/mol. The lowest BCUT2D eigenvalue weighted by Gasteiger charge is -2.17. The van der Waals surface area contributed by atoms with Crippen molar-refractivity contribution in [1.29, 1.82) is 0 Å². The summed E-state index contributed by atoms with van der Waals surface area (Å²) in [6, 6.07) is 3.84. The van der Waals surface area contributed by atoms with Gasteiger partial charge < -0.3 is 32.1 Å². The number of primary amides is 2. The molecule has 0 saturated heterocycles. The second-order valence-corrected chi connectivity index (χ2v) is 4.14. The number of aliphatic hydroxyl groups is 3. The van der Waals surface area contributed by atoms with E-state index in [-0.39, 0.29) is 16.8 Å². The van der Waals surface area contributed by atoms with Crippen molar-refractivity contribution in [1.82, 2.24) is 0 Å². The minimum absolute atomic E-state index is 0.190. The molecule has 0 heterocycles. The Morgan fingerprint density at radius 2 is 1.57 bits per heavy atom. The topological polar surface area (TPSA) is 176 Å². The third-order valence-corrected chi connectivity index (χ3v) is 2.66. The average Bonchev–Trinajstić information content (AvgIpc) is 2.45. The highest BCUT2D eigenvalue weighted by atomic mass is 16.4. The van der Waals surface area contributed by atoms with Crippen LogP contribution in [0.2, 0.25) is 0 Å². The van der Waals surface area contributed by atoms with Crippen molar-refractivity contribution in [2.24, 2.45) is 11.5 Å². The number of carbonyl (C=O) groups excluding carboxylic acids is 3.